The average molecular weight is 398 g/mol. The first-order chi connectivity index (χ1) is 9.47. The molecule has 5 unspecified atom stereocenters. The maximum absolute atomic E-state index is 5.07. The van der Waals surface area contributed by atoms with Crippen LogP contribution in [0.3, 0.4) is 0 Å². The summed E-state index contributed by atoms with van der Waals surface area (Å²) in [5, 5.41) is 0.773. The molecule has 24 heavy (non-hydrogen) atoms. The van der Waals surface area contributed by atoms with Crippen molar-refractivity contribution in [2.24, 2.45) is 11.8 Å². The van der Waals surface area contributed by atoms with E-state index < -0.39 is 8.24 Å². The van der Waals surface area contributed by atoms with E-state index in [1.807, 2.05) is 0 Å². The summed E-state index contributed by atoms with van der Waals surface area (Å²) in [5.41, 5.74) is 2.44. The fraction of sp³-hybridized carbons (Fsp3) is 0.550. The van der Waals surface area contributed by atoms with Crippen LogP contribution in [0.15, 0.2) is 29.2 Å². The number of hydrogen-bond donors (Lipinski definition) is 0. The molecule has 0 amide bonds. The van der Waals surface area contributed by atoms with E-state index in [1.165, 1.54) is 4.90 Å². The molecule has 1 saturated carbocycles. The van der Waals surface area contributed by atoms with Gasteiger partial charge in [-0.25, -0.2) is 0 Å². The van der Waals surface area contributed by atoms with E-state index in [9.17, 15) is 0 Å². The molecule has 1 aromatic rings. The Kier molecular flexibility index (Phi) is 11.1. The molecule has 0 aromatic heterocycles. The molecular formula is C20H35NSSiTi. The Morgan fingerprint density at radius 3 is 2.21 bits per heavy atom. The SMILES string of the molecule is CC[N-][Si](C)(C)C1C(C)C(C)C2c3ccccc3SC21.[CH3-].[CH3-].[CH3-].[Ti+4]. The van der Waals surface area contributed by atoms with Crippen molar-refractivity contribution >= 4 is 20.0 Å². The van der Waals surface area contributed by atoms with Gasteiger partial charge >= 0.3 is 21.7 Å². The van der Waals surface area contributed by atoms with Crippen LogP contribution in [0, 0.1) is 34.1 Å². The van der Waals surface area contributed by atoms with Gasteiger partial charge in [-0.3, -0.25) is 0 Å². The molecule has 1 nitrogen and oxygen atoms in total. The predicted octanol–water partition coefficient (Wildman–Crippen LogP) is 6.85. The molecule has 0 saturated heterocycles. The molecule has 1 aliphatic carbocycles. The summed E-state index contributed by atoms with van der Waals surface area (Å²) in [7, 11) is -1.50. The summed E-state index contributed by atoms with van der Waals surface area (Å²) in [4.78, 5) is 6.61. The molecule has 0 radical (unpaired) electrons. The molecule has 5 atom stereocenters. The molecule has 134 valence electrons. The van der Waals surface area contributed by atoms with Crippen LogP contribution in [0.4, 0.5) is 0 Å². The number of thioether (sulfide) groups is 1. The van der Waals surface area contributed by atoms with Gasteiger partial charge in [-0.15, -0.1) is 11.8 Å². The van der Waals surface area contributed by atoms with E-state index in [2.05, 4.69) is 69.9 Å². The number of fused-ring (bicyclic) bond motifs is 3. The Hall–Kier alpha value is 0.461. The zero-order valence-corrected chi connectivity index (χ0v) is 20.1. The first-order valence-electron chi connectivity index (χ1n) is 7.91. The maximum atomic E-state index is 5.07. The van der Waals surface area contributed by atoms with Crippen molar-refractivity contribution in [2.75, 3.05) is 6.54 Å². The van der Waals surface area contributed by atoms with Crippen molar-refractivity contribution in [3.63, 3.8) is 0 Å². The normalized spacial score (nSPS) is 30.0. The standard InChI is InChI=1S/C17H26NSSi.3CH3.Ti/c1-6-18-20(4,5)17-12(3)11(2)15-13-9-7-8-10-14(13)19-16(15)17;;;;/h7-12,15-17H,6H2,1-5H3;3*1H3;/q4*-1;+4. The zero-order chi connectivity index (χ0) is 14.5. The first-order valence-corrected chi connectivity index (χ1v) is 11.8. The molecule has 0 N–H and O–H groups in total. The van der Waals surface area contributed by atoms with Gasteiger partial charge in [0.25, 0.3) is 0 Å². The molecular weight excluding hydrogens is 362 g/mol. The van der Waals surface area contributed by atoms with Crippen LogP contribution in [0.2, 0.25) is 18.6 Å². The summed E-state index contributed by atoms with van der Waals surface area (Å²) in [6.07, 6.45) is 0. The first kappa shape index (κ1) is 26.7. The van der Waals surface area contributed by atoms with Crippen molar-refractivity contribution in [1.82, 2.24) is 0 Å². The van der Waals surface area contributed by atoms with E-state index in [0.717, 1.165) is 35.1 Å². The number of nitrogens with zero attached hydrogens (tertiary/aromatic N) is 1. The van der Waals surface area contributed by atoms with Crippen molar-refractivity contribution in [2.45, 2.75) is 55.5 Å². The van der Waals surface area contributed by atoms with E-state index >= 15 is 0 Å². The van der Waals surface area contributed by atoms with Crippen molar-refractivity contribution < 1.29 is 21.7 Å². The van der Waals surface area contributed by atoms with Gasteiger partial charge in [0.2, 0.25) is 0 Å². The van der Waals surface area contributed by atoms with E-state index in [0.29, 0.717) is 0 Å². The second kappa shape index (κ2) is 9.97. The number of rotatable bonds is 3. The minimum absolute atomic E-state index is 0. The fourth-order valence-electron chi connectivity index (χ4n) is 4.65. The Labute approximate surface area is 172 Å². The number of benzene rings is 1. The smallest absolute Gasteiger partial charge is 0.665 e. The molecule has 2 aliphatic rings. The van der Waals surface area contributed by atoms with Crippen molar-refractivity contribution in [3.8, 4) is 0 Å². The monoisotopic (exact) mass is 397 g/mol. The second-order valence-corrected chi connectivity index (χ2v) is 12.5. The van der Waals surface area contributed by atoms with Crippen LogP contribution in [0.25, 0.3) is 4.98 Å². The minimum atomic E-state index is -1.50. The third-order valence-corrected chi connectivity index (χ3v) is 11.0. The molecule has 3 rings (SSSR count). The summed E-state index contributed by atoms with van der Waals surface area (Å²) in [6, 6.07) is 9.09. The van der Waals surface area contributed by atoms with Gasteiger partial charge in [0.1, 0.15) is 0 Å². The number of hydrogen-bond acceptors (Lipinski definition) is 1. The van der Waals surface area contributed by atoms with Crippen LogP contribution >= 0.6 is 11.8 Å². The van der Waals surface area contributed by atoms with Crippen molar-refractivity contribution in [3.05, 3.63) is 57.1 Å². The Balaban J connectivity index is 0. The van der Waals surface area contributed by atoms with Gasteiger partial charge in [-0.1, -0.05) is 60.3 Å². The van der Waals surface area contributed by atoms with E-state index in [1.54, 1.807) is 5.56 Å². The third-order valence-electron chi connectivity index (χ3n) is 5.59. The van der Waals surface area contributed by atoms with Gasteiger partial charge in [-0.2, -0.15) is 6.54 Å². The topological polar surface area (TPSA) is 14.1 Å². The molecule has 0 spiro atoms. The molecule has 1 fully saturated rings. The van der Waals surface area contributed by atoms with Crippen LogP contribution < -0.4 is 0 Å². The second-order valence-electron chi connectivity index (χ2n) is 7.02. The molecule has 1 heterocycles. The van der Waals surface area contributed by atoms with Gasteiger partial charge in [0, 0.05) is 10.1 Å². The summed E-state index contributed by atoms with van der Waals surface area (Å²) in [5.74, 6) is 2.36. The van der Waals surface area contributed by atoms with Crippen LogP contribution in [-0.2, 0) is 21.7 Å². The molecule has 0 bridgehead atoms. The van der Waals surface area contributed by atoms with Gasteiger partial charge < -0.3 is 27.3 Å². The Bertz CT molecular complexity index is 508. The largest absolute Gasteiger partial charge is 4.00 e. The van der Waals surface area contributed by atoms with Crippen molar-refractivity contribution in [1.29, 1.82) is 0 Å². The molecule has 1 aromatic carbocycles. The average Bonchev–Trinajstić information content (AvgIpc) is 2.86. The molecule has 4 heteroatoms. The quantitative estimate of drug-likeness (QED) is 0.402. The fourth-order valence-corrected chi connectivity index (χ4v) is 11.2. The Morgan fingerprint density at radius 2 is 1.62 bits per heavy atom. The summed E-state index contributed by atoms with van der Waals surface area (Å²) >= 11 is 2.15. The van der Waals surface area contributed by atoms with Gasteiger partial charge in [0.05, 0.1) is 0 Å². The summed E-state index contributed by atoms with van der Waals surface area (Å²) < 4.78 is 0. The van der Waals surface area contributed by atoms with Crippen LogP contribution in [0.5, 0.6) is 0 Å². The van der Waals surface area contributed by atoms with E-state index in [4.69, 9.17) is 4.98 Å². The predicted molar refractivity (Wildman–Crippen MR) is 112 cm³/mol. The minimum Gasteiger partial charge on any atom is -0.665 e. The van der Waals surface area contributed by atoms with Gasteiger partial charge in [-0.05, 0) is 34.9 Å². The van der Waals surface area contributed by atoms with Gasteiger partial charge in [0.15, 0.2) is 0 Å². The molecule has 1 aliphatic heterocycles. The Morgan fingerprint density at radius 1 is 1.04 bits per heavy atom. The van der Waals surface area contributed by atoms with E-state index in [-0.39, 0.29) is 44.0 Å². The third kappa shape index (κ3) is 4.23. The summed E-state index contributed by atoms with van der Waals surface area (Å²) in [6.45, 7) is 13.1. The van der Waals surface area contributed by atoms with Crippen LogP contribution in [-0.4, -0.2) is 20.0 Å². The van der Waals surface area contributed by atoms with Crippen LogP contribution in [0.1, 0.15) is 32.3 Å². The maximum Gasteiger partial charge on any atom is 4.00 e. The zero-order valence-electron chi connectivity index (χ0n) is 16.8.